The topological polar surface area (TPSA) is 74.6 Å². The standard InChI is InChI=1S/C24H14O4/c25-15-5-1-13(2-6-15)17-9-11-19-22-20(24(28)23(19)27)12-10-18(21(17)22)14-3-7-16(26)8-4-14/h1-12,25-26H. The Morgan fingerprint density at radius 1 is 0.429 bits per heavy atom. The van der Waals surface area contributed by atoms with E-state index in [2.05, 4.69) is 0 Å². The number of hydrogen-bond donors (Lipinski definition) is 2. The van der Waals surface area contributed by atoms with Gasteiger partial charge in [0.15, 0.2) is 0 Å². The van der Waals surface area contributed by atoms with Crippen molar-refractivity contribution in [3.63, 3.8) is 0 Å². The van der Waals surface area contributed by atoms with Gasteiger partial charge in [0, 0.05) is 16.5 Å². The highest BCUT2D eigenvalue weighted by atomic mass is 16.3. The van der Waals surface area contributed by atoms with Gasteiger partial charge in [-0.1, -0.05) is 36.4 Å². The molecule has 0 aromatic heterocycles. The summed E-state index contributed by atoms with van der Waals surface area (Å²) < 4.78 is 0. The average Bonchev–Trinajstić information content (AvgIpc) is 2.96. The first-order valence-electron chi connectivity index (χ1n) is 8.82. The molecule has 0 heterocycles. The van der Waals surface area contributed by atoms with E-state index in [0.29, 0.717) is 16.5 Å². The zero-order valence-corrected chi connectivity index (χ0v) is 14.6. The number of aromatic hydroxyl groups is 2. The van der Waals surface area contributed by atoms with Crippen molar-refractivity contribution < 1.29 is 19.8 Å². The van der Waals surface area contributed by atoms with Crippen molar-refractivity contribution in [1.82, 2.24) is 0 Å². The number of carbonyl (C=O) groups is 2. The van der Waals surface area contributed by atoms with Crippen LogP contribution in [0.25, 0.3) is 33.0 Å². The van der Waals surface area contributed by atoms with Crippen LogP contribution in [0.15, 0.2) is 72.8 Å². The summed E-state index contributed by atoms with van der Waals surface area (Å²) in [6, 6.07) is 20.7. The maximum Gasteiger partial charge on any atom is 0.234 e. The minimum absolute atomic E-state index is 0.166. The molecule has 4 heteroatoms. The molecule has 2 N–H and O–H groups in total. The van der Waals surface area contributed by atoms with E-state index >= 15 is 0 Å². The lowest BCUT2D eigenvalue weighted by atomic mass is 9.89. The van der Waals surface area contributed by atoms with Gasteiger partial charge in [-0.25, -0.2) is 0 Å². The van der Waals surface area contributed by atoms with E-state index in [1.165, 1.54) is 0 Å². The van der Waals surface area contributed by atoms with Gasteiger partial charge >= 0.3 is 0 Å². The molecule has 0 radical (unpaired) electrons. The van der Waals surface area contributed by atoms with Crippen molar-refractivity contribution in [2.75, 3.05) is 0 Å². The van der Waals surface area contributed by atoms with Gasteiger partial charge in [0.25, 0.3) is 0 Å². The number of phenolic OH excluding ortho intramolecular Hbond substituents is 2. The van der Waals surface area contributed by atoms with Crippen LogP contribution in [0.4, 0.5) is 0 Å². The summed E-state index contributed by atoms with van der Waals surface area (Å²) in [7, 11) is 0. The molecule has 4 aromatic carbocycles. The second kappa shape index (κ2) is 5.79. The highest BCUT2D eigenvalue weighted by molar-refractivity contribution is 6.57. The number of ketones is 2. The SMILES string of the molecule is O=C1C(=O)c2ccc(-c3ccc(O)cc3)c3c(-c4ccc(O)cc4)ccc1c23. The van der Waals surface area contributed by atoms with E-state index < -0.39 is 11.6 Å². The number of carbonyl (C=O) groups excluding carboxylic acids is 2. The summed E-state index contributed by atoms with van der Waals surface area (Å²) in [5.74, 6) is -0.641. The molecular formula is C24H14O4. The molecular weight excluding hydrogens is 352 g/mol. The highest BCUT2D eigenvalue weighted by Gasteiger charge is 2.32. The lowest BCUT2D eigenvalue weighted by Gasteiger charge is -2.14. The fourth-order valence-electron chi connectivity index (χ4n) is 3.88. The van der Waals surface area contributed by atoms with E-state index in [4.69, 9.17) is 0 Å². The van der Waals surface area contributed by atoms with Crippen molar-refractivity contribution in [3.8, 4) is 33.8 Å². The van der Waals surface area contributed by atoms with Gasteiger partial charge in [-0.15, -0.1) is 0 Å². The first kappa shape index (κ1) is 16.3. The quantitative estimate of drug-likeness (QED) is 0.492. The fourth-order valence-corrected chi connectivity index (χ4v) is 3.88. The van der Waals surface area contributed by atoms with Crippen LogP contribution in [0.1, 0.15) is 20.7 Å². The number of phenols is 2. The van der Waals surface area contributed by atoms with Crippen LogP contribution in [0.5, 0.6) is 11.5 Å². The highest BCUT2D eigenvalue weighted by Crippen LogP contribution is 2.43. The van der Waals surface area contributed by atoms with Gasteiger partial charge in [-0.05, 0) is 64.0 Å². The molecule has 28 heavy (non-hydrogen) atoms. The van der Waals surface area contributed by atoms with E-state index in [0.717, 1.165) is 27.6 Å². The van der Waals surface area contributed by atoms with Crippen LogP contribution >= 0.6 is 0 Å². The third-order valence-electron chi connectivity index (χ3n) is 5.21. The van der Waals surface area contributed by atoms with Gasteiger partial charge in [0.05, 0.1) is 0 Å². The summed E-state index contributed by atoms with van der Waals surface area (Å²) >= 11 is 0. The summed E-state index contributed by atoms with van der Waals surface area (Å²) in [5.41, 5.74) is 4.30. The Kier molecular flexibility index (Phi) is 3.36. The number of hydrogen-bond acceptors (Lipinski definition) is 4. The van der Waals surface area contributed by atoms with Gasteiger partial charge in [0.2, 0.25) is 11.6 Å². The molecule has 4 nitrogen and oxygen atoms in total. The second-order valence-electron chi connectivity index (χ2n) is 6.82. The smallest absolute Gasteiger partial charge is 0.234 e. The lowest BCUT2D eigenvalue weighted by molar-refractivity contribution is 0.0825. The Balaban J connectivity index is 1.91. The first-order valence-corrected chi connectivity index (χ1v) is 8.82. The van der Waals surface area contributed by atoms with E-state index in [9.17, 15) is 19.8 Å². The Bertz CT molecular complexity index is 1180. The summed E-state index contributed by atoms with van der Waals surface area (Å²) in [4.78, 5) is 24.9. The van der Waals surface area contributed by atoms with E-state index in [-0.39, 0.29) is 11.5 Å². The lowest BCUT2D eigenvalue weighted by Crippen LogP contribution is -2.05. The van der Waals surface area contributed by atoms with Gasteiger partial charge in [-0.2, -0.15) is 0 Å². The molecule has 0 saturated heterocycles. The van der Waals surface area contributed by atoms with Crippen molar-refractivity contribution in [2.45, 2.75) is 0 Å². The van der Waals surface area contributed by atoms with Crippen molar-refractivity contribution in [3.05, 3.63) is 83.9 Å². The van der Waals surface area contributed by atoms with Crippen LogP contribution < -0.4 is 0 Å². The zero-order chi connectivity index (χ0) is 19.4. The molecule has 1 aliphatic rings. The molecule has 0 bridgehead atoms. The Morgan fingerprint density at radius 2 is 0.750 bits per heavy atom. The molecule has 0 atom stereocenters. The number of rotatable bonds is 2. The predicted molar refractivity (Wildman–Crippen MR) is 107 cm³/mol. The van der Waals surface area contributed by atoms with Crippen LogP contribution in [0, 0.1) is 0 Å². The van der Waals surface area contributed by atoms with Gasteiger partial charge in [0.1, 0.15) is 11.5 Å². The monoisotopic (exact) mass is 366 g/mol. The third-order valence-corrected chi connectivity index (χ3v) is 5.21. The minimum atomic E-state index is -0.486. The first-order chi connectivity index (χ1) is 13.5. The maximum atomic E-state index is 12.4. The molecule has 134 valence electrons. The van der Waals surface area contributed by atoms with Crippen LogP contribution in [-0.4, -0.2) is 21.8 Å². The van der Waals surface area contributed by atoms with Crippen LogP contribution in [-0.2, 0) is 0 Å². The van der Waals surface area contributed by atoms with Crippen molar-refractivity contribution in [1.29, 1.82) is 0 Å². The second-order valence-corrected chi connectivity index (χ2v) is 6.82. The summed E-state index contributed by atoms with van der Waals surface area (Å²) in [5, 5.41) is 20.7. The van der Waals surface area contributed by atoms with Crippen molar-refractivity contribution in [2.24, 2.45) is 0 Å². The summed E-state index contributed by atoms with van der Waals surface area (Å²) in [6.07, 6.45) is 0. The molecule has 5 rings (SSSR count). The minimum Gasteiger partial charge on any atom is -0.508 e. The molecule has 0 amide bonds. The molecule has 0 saturated carbocycles. The predicted octanol–water partition coefficient (Wildman–Crippen LogP) is 4.96. The fraction of sp³-hybridized carbons (Fsp3) is 0. The van der Waals surface area contributed by atoms with E-state index in [1.807, 2.05) is 12.1 Å². The molecule has 0 aliphatic heterocycles. The molecule has 0 spiro atoms. The zero-order valence-electron chi connectivity index (χ0n) is 14.6. The Labute approximate surface area is 160 Å². The molecule has 4 aromatic rings. The maximum absolute atomic E-state index is 12.4. The van der Waals surface area contributed by atoms with E-state index in [1.54, 1.807) is 60.7 Å². The van der Waals surface area contributed by atoms with Gasteiger partial charge in [-0.3, -0.25) is 9.59 Å². The van der Waals surface area contributed by atoms with Crippen LogP contribution in [0.3, 0.4) is 0 Å². The number of Topliss-reactive ketones (excluding diaryl/α,β-unsaturated/α-hetero) is 2. The molecule has 0 fully saturated rings. The largest absolute Gasteiger partial charge is 0.508 e. The normalized spacial score (nSPS) is 12.7. The molecule has 0 unspecified atom stereocenters. The molecule has 1 aliphatic carbocycles. The third kappa shape index (κ3) is 2.25. The number of benzene rings is 4. The van der Waals surface area contributed by atoms with Crippen molar-refractivity contribution >= 4 is 22.3 Å². The van der Waals surface area contributed by atoms with Crippen LogP contribution in [0.2, 0.25) is 0 Å². The summed E-state index contributed by atoms with van der Waals surface area (Å²) in [6.45, 7) is 0. The average molecular weight is 366 g/mol. The van der Waals surface area contributed by atoms with Gasteiger partial charge < -0.3 is 10.2 Å². The Morgan fingerprint density at radius 3 is 1.14 bits per heavy atom. The Hall–Kier alpha value is -3.92.